The normalized spacial score (nSPS) is 14.5. The molecule has 6 heteroatoms. The Morgan fingerprint density at radius 1 is 1.62 bits per heavy atom. The van der Waals surface area contributed by atoms with Crippen LogP contribution in [-0.4, -0.2) is 38.3 Å². The number of carbonyl (C=O) groups excluding carboxylic acids is 1. The predicted octanol–water partition coefficient (Wildman–Crippen LogP) is 0.394. The summed E-state index contributed by atoms with van der Waals surface area (Å²) < 4.78 is 0. The largest absolute Gasteiger partial charge is 0.396 e. The maximum atomic E-state index is 11.8. The van der Waals surface area contributed by atoms with Crippen molar-refractivity contribution in [3.05, 3.63) is 11.6 Å². The van der Waals surface area contributed by atoms with Gasteiger partial charge in [0.25, 0.3) is 5.91 Å². The zero-order chi connectivity index (χ0) is 12.2. The van der Waals surface area contributed by atoms with Gasteiger partial charge in [0, 0.05) is 12.1 Å². The summed E-state index contributed by atoms with van der Waals surface area (Å²) in [4.78, 5) is 15.7. The highest BCUT2D eigenvalue weighted by Crippen LogP contribution is 2.14. The van der Waals surface area contributed by atoms with Crippen LogP contribution in [0.4, 0.5) is 0 Å². The molecule has 16 heavy (non-hydrogen) atoms. The van der Waals surface area contributed by atoms with E-state index in [9.17, 15) is 4.79 Å². The molecule has 0 aliphatic heterocycles. The summed E-state index contributed by atoms with van der Waals surface area (Å²) in [6.45, 7) is 5.62. The molecule has 0 saturated carbocycles. The summed E-state index contributed by atoms with van der Waals surface area (Å²) in [5.41, 5.74) is -0.416. The SMILES string of the molecule is CCC(C)(CCO)NC(=O)c1n[nH]c(C)n1. The Balaban J connectivity index is 2.69. The quantitative estimate of drug-likeness (QED) is 0.677. The number of nitrogens with zero attached hydrogens (tertiary/aromatic N) is 2. The number of aromatic amines is 1. The standard InChI is InChI=1S/C10H18N4O2/c1-4-10(3,5-6-15)12-9(16)8-11-7(2)13-14-8/h15H,4-6H2,1-3H3,(H,12,16)(H,11,13,14). The van der Waals surface area contributed by atoms with Gasteiger partial charge in [0.15, 0.2) is 0 Å². The summed E-state index contributed by atoms with van der Waals surface area (Å²) >= 11 is 0. The lowest BCUT2D eigenvalue weighted by atomic mass is 9.95. The number of aryl methyl sites for hydroxylation is 1. The van der Waals surface area contributed by atoms with E-state index in [1.807, 2.05) is 13.8 Å². The third-order valence-corrected chi connectivity index (χ3v) is 2.66. The van der Waals surface area contributed by atoms with E-state index in [1.54, 1.807) is 6.92 Å². The van der Waals surface area contributed by atoms with Gasteiger partial charge in [-0.2, -0.15) is 0 Å². The molecule has 1 aromatic rings. The second kappa shape index (κ2) is 5.07. The molecular formula is C10H18N4O2. The Kier molecular flexibility index (Phi) is 4.00. The van der Waals surface area contributed by atoms with E-state index in [-0.39, 0.29) is 18.3 Å². The second-order valence-electron chi connectivity index (χ2n) is 4.09. The first-order valence-corrected chi connectivity index (χ1v) is 5.33. The highest BCUT2D eigenvalue weighted by Gasteiger charge is 2.25. The van der Waals surface area contributed by atoms with E-state index >= 15 is 0 Å². The molecule has 1 aromatic heterocycles. The molecule has 0 aliphatic carbocycles. The average Bonchev–Trinajstić information content (AvgIpc) is 2.65. The van der Waals surface area contributed by atoms with Crippen molar-refractivity contribution in [3.8, 4) is 0 Å². The van der Waals surface area contributed by atoms with Crippen molar-refractivity contribution in [1.29, 1.82) is 0 Å². The van der Waals surface area contributed by atoms with E-state index < -0.39 is 5.54 Å². The molecule has 90 valence electrons. The van der Waals surface area contributed by atoms with Gasteiger partial charge in [-0.25, -0.2) is 4.98 Å². The number of amides is 1. The van der Waals surface area contributed by atoms with Crippen LogP contribution in [0.5, 0.6) is 0 Å². The number of aliphatic hydroxyl groups excluding tert-OH is 1. The third kappa shape index (κ3) is 3.03. The van der Waals surface area contributed by atoms with Gasteiger partial charge in [-0.05, 0) is 26.7 Å². The Bertz CT molecular complexity index is 363. The number of hydrogen-bond acceptors (Lipinski definition) is 4. The summed E-state index contributed by atoms with van der Waals surface area (Å²) in [6, 6.07) is 0. The van der Waals surface area contributed by atoms with Gasteiger partial charge in [-0.15, -0.1) is 5.10 Å². The van der Waals surface area contributed by atoms with Crippen molar-refractivity contribution in [3.63, 3.8) is 0 Å². The first-order chi connectivity index (χ1) is 7.50. The molecule has 6 nitrogen and oxygen atoms in total. The molecule has 1 atom stereocenters. The fourth-order valence-corrected chi connectivity index (χ4v) is 1.35. The molecule has 0 saturated heterocycles. The van der Waals surface area contributed by atoms with E-state index in [2.05, 4.69) is 20.5 Å². The highest BCUT2D eigenvalue weighted by molar-refractivity contribution is 5.90. The van der Waals surface area contributed by atoms with E-state index in [0.717, 1.165) is 6.42 Å². The van der Waals surface area contributed by atoms with Gasteiger partial charge in [0.1, 0.15) is 5.82 Å². The zero-order valence-electron chi connectivity index (χ0n) is 9.87. The number of aromatic nitrogens is 3. The summed E-state index contributed by atoms with van der Waals surface area (Å²) in [7, 11) is 0. The van der Waals surface area contributed by atoms with Gasteiger partial charge in [0.2, 0.25) is 5.82 Å². The number of carbonyl (C=O) groups is 1. The smallest absolute Gasteiger partial charge is 0.291 e. The van der Waals surface area contributed by atoms with Gasteiger partial charge in [-0.3, -0.25) is 9.89 Å². The van der Waals surface area contributed by atoms with E-state index in [0.29, 0.717) is 12.2 Å². The number of rotatable bonds is 5. The Hall–Kier alpha value is -1.43. The molecule has 0 fully saturated rings. The minimum Gasteiger partial charge on any atom is -0.396 e. The zero-order valence-corrected chi connectivity index (χ0v) is 9.87. The lowest BCUT2D eigenvalue weighted by Crippen LogP contribution is -2.46. The lowest BCUT2D eigenvalue weighted by molar-refractivity contribution is 0.0875. The van der Waals surface area contributed by atoms with Crippen LogP contribution in [0.2, 0.25) is 0 Å². The molecule has 0 spiro atoms. The molecule has 0 aliphatic rings. The Labute approximate surface area is 94.5 Å². The lowest BCUT2D eigenvalue weighted by Gasteiger charge is -2.28. The van der Waals surface area contributed by atoms with E-state index in [1.165, 1.54) is 0 Å². The second-order valence-corrected chi connectivity index (χ2v) is 4.09. The molecule has 1 unspecified atom stereocenters. The van der Waals surface area contributed by atoms with Crippen LogP contribution in [0.3, 0.4) is 0 Å². The van der Waals surface area contributed by atoms with E-state index in [4.69, 9.17) is 5.11 Å². The fourth-order valence-electron chi connectivity index (χ4n) is 1.35. The molecule has 3 N–H and O–H groups in total. The first kappa shape index (κ1) is 12.6. The molecule has 1 amide bonds. The molecule has 1 heterocycles. The Morgan fingerprint density at radius 3 is 2.75 bits per heavy atom. The maximum Gasteiger partial charge on any atom is 0.291 e. The van der Waals surface area contributed by atoms with Crippen molar-refractivity contribution in [1.82, 2.24) is 20.5 Å². The maximum absolute atomic E-state index is 11.8. The summed E-state index contributed by atoms with van der Waals surface area (Å²) in [5, 5.41) is 18.2. The fraction of sp³-hybridized carbons (Fsp3) is 0.700. The van der Waals surface area contributed by atoms with Crippen molar-refractivity contribution < 1.29 is 9.90 Å². The van der Waals surface area contributed by atoms with Gasteiger partial charge < -0.3 is 10.4 Å². The number of H-pyrrole nitrogens is 1. The van der Waals surface area contributed by atoms with Gasteiger partial charge in [-0.1, -0.05) is 6.92 Å². The van der Waals surface area contributed by atoms with Crippen molar-refractivity contribution in [2.45, 2.75) is 39.2 Å². The van der Waals surface area contributed by atoms with Crippen LogP contribution in [0.1, 0.15) is 43.1 Å². The molecule has 1 rings (SSSR count). The van der Waals surface area contributed by atoms with Crippen LogP contribution in [0.15, 0.2) is 0 Å². The van der Waals surface area contributed by atoms with Crippen molar-refractivity contribution in [2.75, 3.05) is 6.61 Å². The molecular weight excluding hydrogens is 208 g/mol. The Morgan fingerprint density at radius 2 is 2.31 bits per heavy atom. The van der Waals surface area contributed by atoms with Crippen LogP contribution in [0.25, 0.3) is 0 Å². The third-order valence-electron chi connectivity index (χ3n) is 2.66. The van der Waals surface area contributed by atoms with Crippen LogP contribution in [-0.2, 0) is 0 Å². The minimum absolute atomic E-state index is 0.0393. The monoisotopic (exact) mass is 226 g/mol. The number of aliphatic hydroxyl groups is 1. The number of hydrogen-bond donors (Lipinski definition) is 3. The number of nitrogens with one attached hydrogen (secondary N) is 2. The molecule has 0 radical (unpaired) electrons. The minimum atomic E-state index is -0.416. The molecule has 0 aromatic carbocycles. The average molecular weight is 226 g/mol. The molecule has 0 bridgehead atoms. The van der Waals surface area contributed by atoms with Gasteiger partial charge in [0.05, 0.1) is 0 Å². The first-order valence-electron chi connectivity index (χ1n) is 5.33. The van der Waals surface area contributed by atoms with Crippen LogP contribution >= 0.6 is 0 Å². The van der Waals surface area contributed by atoms with Gasteiger partial charge >= 0.3 is 0 Å². The topological polar surface area (TPSA) is 90.9 Å². The highest BCUT2D eigenvalue weighted by atomic mass is 16.3. The van der Waals surface area contributed by atoms with Crippen LogP contribution < -0.4 is 5.32 Å². The van der Waals surface area contributed by atoms with Crippen molar-refractivity contribution in [2.24, 2.45) is 0 Å². The van der Waals surface area contributed by atoms with Crippen molar-refractivity contribution >= 4 is 5.91 Å². The summed E-state index contributed by atoms with van der Waals surface area (Å²) in [6.07, 6.45) is 1.25. The van der Waals surface area contributed by atoms with Crippen LogP contribution in [0, 0.1) is 6.92 Å². The predicted molar refractivity (Wildman–Crippen MR) is 59.0 cm³/mol. The summed E-state index contributed by atoms with van der Waals surface area (Å²) in [5.74, 6) is 0.419.